The van der Waals surface area contributed by atoms with E-state index in [1.54, 1.807) is 6.07 Å². The van der Waals surface area contributed by atoms with E-state index in [1.165, 1.54) is 19.2 Å². The Bertz CT molecular complexity index is 835. The Morgan fingerprint density at radius 3 is 2.64 bits per heavy atom. The van der Waals surface area contributed by atoms with Crippen molar-refractivity contribution in [1.82, 2.24) is 0 Å². The molecule has 0 spiro atoms. The van der Waals surface area contributed by atoms with Gasteiger partial charge in [-0.05, 0) is 12.1 Å². The van der Waals surface area contributed by atoms with Crippen LogP contribution in [0.15, 0.2) is 45.4 Å². The average Bonchev–Trinajstić information content (AvgIpc) is 2.48. The lowest BCUT2D eigenvalue weighted by Crippen LogP contribution is -2.17. The summed E-state index contributed by atoms with van der Waals surface area (Å²) >= 11 is 0. The Morgan fingerprint density at radius 2 is 2.05 bits per heavy atom. The molecule has 0 saturated heterocycles. The predicted octanol–water partition coefficient (Wildman–Crippen LogP) is 1.27. The maximum absolute atomic E-state index is 12.2. The summed E-state index contributed by atoms with van der Waals surface area (Å²) in [5, 5.41) is 20.0. The van der Waals surface area contributed by atoms with E-state index in [2.05, 4.69) is 5.32 Å². The van der Waals surface area contributed by atoms with Gasteiger partial charge in [-0.2, -0.15) is 0 Å². The number of carboxylic acids is 2. The molecule has 0 fully saturated rings. The molecule has 0 atom stereocenters. The van der Waals surface area contributed by atoms with Crippen molar-refractivity contribution < 1.29 is 29.0 Å². The standard InChI is InChI=1S/C14H11NO7/c1-21-7-2-3-8-11(4-7)22-6-10(13(8)18)15-9(14(19)20)5-12(16)17/h2-6,15H,1H3,(H,16,17)(H,19,20)/b9-5-. The van der Waals surface area contributed by atoms with Gasteiger partial charge in [-0.3, -0.25) is 4.79 Å². The lowest BCUT2D eigenvalue weighted by atomic mass is 10.2. The number of anilines is 1. The molecule has 3 N–H and O–H groups in total. The number of hydrogen-bond donors (Lipinski definition) is 3. The molecular formula is C14H11NO7. The minimum atomic E-state index is -1.52. The molecule has 0 aliphatic carbocycles. The fraction of sp³-hybridized carbons (Fsp3) is 0.0714. The van der Waals surface area contributed by atoms with E-state index in [0.29, 0.717) is 11.8 Å². The van der Waals surface area contributed by atoms with Crippen LogP contribution in [0.3, 0.4) is 0 Å². The van der Waals surface area contributed by atoms with Crippen LogP contribution < -0.4 is 15.5 Å². The van der Waals surface area contributed by atoms with E-state index >= 15 is 0 Å². The molecule has 8 nitrogen and oxygen atoms in total. The maximum Gasteiger partial charge on any atom is 0.352 e. The van der Waals surface area contributed by atoms with Crippen LogP contribution in [0.2, 0.25) is 0 Å². The largest absolute Gasteiger partial charge is 0.497 e. The van der Waals surface area contributed by atoms with Crippen LogP contribution in [0.4, 0.5) is 5.69 Å². The first-order valence-electron chi connectivity index (χ1n) is 5.97. The van der Waals surface area contributed by atoms with Gasteiger partial charge in [-0.25, -0.2) is 9.59 Å². The zero-order valence-corrected chi connectivity index (χ0v) is 11.3. The summed E-state index contributed by atoms with van der Waals surface area (Å²) in [7, 11) is 1.46. The van der Waals surface area contributed by atoms with Gasteiger partial charge >= 0.3 is 11.9 Å². The van der Waals surface area contributed by atoms with Gasteiger partial charge in [0.15, 0.2) is 0 Å². The Balaban J connectivity index is 2.49. The molecule has 0 saturated carbocycles. The van der Waals surface area contributed by atoms with Gasteiger partial charge in [-0.1, -0.05) is 0 Å². The average molecular weight is 305 g/mol. The summed E-state index contributed by atoms with van der Waals surface area (Å²) in [5.74, 6) is -2.48. The van der Waals surface area contributed by atoms with Crippen molar-refractivity contribution in [2.45, 2.75) is 0 Å². The van der Waals surface area contributed by atoms with Gasteiger partial charge in [0.05, 0.1) is 18.6 Å². The fourth-order valence-electron chi connectivity index (χ4n) is 1.74. The third kappa shape index (κ3) is 3.06. The molecule has 1 heterocycles. The number of aliphatic carboxylic acids is 2. The highest BCUT2D eigenvalue weighted by Gasteiger charge is 2.14. The number of benzene rings is 1. The molecule has 0 bridgehead atoms. The predicted molar refractivity (Wildman–Crippen MR) is 76.0 cm³/mol. The highest BCUT2D eigenvalue weighted by molar-refractivity contribution is 5.97. The van der Waals surface area contributed by atoms with Gasteiger partial charge < -0.3 is 24.7 Å². The lowest BCUT2D eigenvalue weighted by molar-refractivity contribution is -0.134. The smallest absolute Gasteiger partial charge is 0.352 e. The highest BCUT2D eigenvalue weighted by atomic mass is 16.5. The summed E-state index contributed by atoms with van der Waals surface area (Å²) < 4.78 is 10.2. The van der Waals surface area contributed by atoms with Crippen LogP contribution in [-0.2, 0) is 9.59 Å². The van der Waals surface area contributed by atoms with Gasteiger partial charge in [0.1, 0.15) is 29.0 Å². The molecular weight excluding hydrogens is 294 g/mol. The van der Waals surface area contributed by atoms with Gasteiger partial charge in [0.2, 0.25) is 5.43 Å². The Labute approximate surface area is 123 Å². The number of fused-ring (bicyclic) bond motifs is 1. The topological polar surface area (TPSA) is 126 Å². The first kappa shape index (κ1) is 15.1. The molecule has 0 unspecified atom stereocenters. The Kier molecular flexibility index (Phi) is 4.12. The van der Waals surface area contributed by atoms with Crippen LogP contribution in [0.5, 0.6) is 5.75 Å². The molecule has 1 aromatic heterocycles. The van der Waals surface area contributed by atoms with E-state index in [1.807, 2.05) is 0 Å². The summed E-state index contributed by atoms with van der Waals surface area (Å²) in [4.78, 5) is 33.8. The third-order valence-corrected chi connectivity index (χ3v) is 2.75. The normalized spacial score (nSPS) is 11.2. The molecule has 0 radical (unpaired) electrons. The van der Waals surface area contributed by atoms with Crippen molar-refractivity contribution in [2.24, 2.45) is 0 Å². The number of carboxylic acid groups (broad SMARTS) is 2. The van der Waals surface area contributed by atoms with Gasteiger partial charge in [0.25, 0.3) is 0 Å². The summed E-state index contributed by atoms with van der Waals surface area (Å²) in [5.41, 5.74) is -1.12. The van der Waals surface area contributed by atoms with Crippen LogP contribution in [0, 0.1) is 0 Å². The molecule has 22 heavy (non-hydrogen) atoms. The molecule has 1 aromatic carbocycles. The van der Waals surface area contributed by atoms with Crippen LogP contribution >= 0.6 is 0 Å². The van der Waals surface area contributed by atoms with Gasteiger partial charge in [0, 0.05) is 6.07 Å². The molecule has 0 aliphatic rings. The van der Waals surface area contributed by atoms with Crippen molar-refractivity contribution in [1.29, 1.82) is 0 Å². The number of carbonyl (C=O) groups is 2. The second-order valence-corrected chi connectivity index (χ2v) is 4.17. The van der Waals surface area contributed by atoms with E-state index in [9.17, 15) is 14.4 Å². The molecule has 2 rings (SSSR count). The van der Waals surface area contributed by atoms with Crippen molar-refractivity contribution in [3.05, 3.63) is 46.5 Å². The summed E-state index contributed by atoms with van der Waals surface area (Å²) in [6.07, 6.45) is 1.46. The first-order chi connectivity index (χ1) is 10.4. The van der Waals surface area contributed by atoms with E-state index in [4.69, 9.17) is 19.4 Å². The SMILES string of the molecule is COc1ccc2c(=O)c(N/C(=C\C(=O)O)C(=O)O)coc2c1. The number of methoxy groups -OCH3 is 1. The monoisotopic (exact) mass is 305 g/mol. The molecule has 2 aromatic rings. The molecule has 0 aliphatic heterocycles. The van der Waals surface area contributed by atoms with Crippen molar-refractivity contribution >= 4 is 28.6 Å². The van der Waals surface area contributed by atoms with E-state index in [-0.39, 0.29) is 16.7 Å². The quantitative estimate of drug-likeness (QED) is 0.705. The van der Waals surface area contributed by atoms with Gasteiger partial charge in [-0.15, -0.1) is 0 Å². The van der Waals surface area contributed by atoms with Crippen LogP contribution in [0.25, 0.3) is 11.0 Å². The minimum absolute atomic E-state index is 0.187. The second-order valence-electron chi connectivity index (χ2n) is 4.17. The number of hydrogen-bond acceptors (Lipinski definition) is 6. The lowest BCUT2D eigenvalue weighted by Gasteiger charge is -2.07. The van der Waals surface area contributed by atoms with Crippen molar-refractivity contribution in [2.75, 3.05) is 12.4 Å². The Hall–Kier alpha value is -3.29. The Morgan fingerprint density at radius 1 is 1.32 bits per heavy atom. The number of nitrogens with one attached hydrogen (secondary N) is 1. The zero-order valence-electron chi connectivity index (χ0n) is 11.3. The van der Waals surface area contributed by atoms with E-state index < -0.39 is 23.1 Å². The molecule has 8 heteroatoms. The summed E-state index contributed by atoms with van der Waals surface area (Å²) in [6.45, 7) is 0. The molecule has 114 valence electrons. The summed E-state index contributed by atoms with van der Waals surface area (Å²) in [6, 6.07) is 4.52. The number of rotatable bonds is 5. The number of ether oxygens (including phenoxy) is 1. The fourth-order valence-corrected chi connectivity index (χ4v) is 1.74. The molecule has 0 amide bonds. The second kappa shape index (κ2) is 6.00. The van der Waals surface area contributed by atoms with Crippen molar-refractivity contribution in [3.63, 3.8) is 0 Å². The zero-order chi connectivity index (χ0) is 16.3. The van der Waals surface area contributed by atoms with E-state index in [0.717, 1.165) is 6.26 Å². The maximum atomic E-state index is 12.2. The highest BCUT2D eigenvalue weighted by Crippen LogP contribution is 2.20. The van der Waals surface area contributed by atoms with Crippen molar-refractivity contribution in [3.8, 4) is 5.75 Å². The first-order valence-corrected chi connectivity index (χ1v) is 5.97. The minimum Gasteiger partial charge on any atom is -0.497 e. The van der Waals surface area contributed by atoms with Crippen LogP contribution in [-0.4, -0.2) is 29.3 Å². The third-order valence-electron chi connectivity index (χ3n) is 2.75. The van der Waals surface area contributed by atoms with Crippen LogP contribution in [0.1, 0.15) is 0 Å².